The number of anilines is 1. The van der Waals surface area contributed by atoms with Gasteiger partial charge in [0.05, 0.1) is 12.3 Å². The van der Waals surface area contributed by atoms with E-state index in [9.17, 15) is 13.5 Å². The molecule has 0 radical (unpaired) electrons. The summed E-state index contributed by atoms with van der Waals surface area (Å²) >= 11 is 0. The Morgan fingerprint density at radius 2 is 1.81 bits per heavy atom. The van der Waals surface area contributed by atoms with Crippen LogP contribution in [0.4, 0.5) is 5.69 Å². The third-order valence-electron chi connectivity index (χ3n) is 3.60. The second kappa shape index (κ2) is 5.54. The summed E-state index contributed by atoms with van der Waals surface area (Å²) in [4.78, 5) is 0.0170. The fraction of sp³-hybridized carbons (Fsp3) is 0.333. The monoisotopic (exact) mass is 309 g/mol. The zero-order valence-corrected chi connectivity index (χ0v) is 13.3. The second-order valence-corrected chi connectivity index (χ2v) is 6.65. The molecule has 5 nitrogen and oxygen atoms in total. The van der Waals surface area contributed by atoms with Gasteiger partial charge in [0.2, 0.25) is 0 Å². The summed E-state index contributed by atoms with van der Waals surface area (Å²) in [5.41, 5.74) is 2.68. The summed E-state index contributed by atoms with van der Waals surface area (Å²) in [7, 11) is -3.81. The molecule has 0 unspecified atom stereocenters. The summed E-state index contributed by atoms with van der Waals surface area (Å²) in [5.74, 6) is 0.686. The van der Waals surface area contributed by atoms with Gasteiger partial charge < -0.3 is 9.52 Å². The first kappa shape index (κ1) is 15.6. The van der Waals surface area contributed by atoms with E-state index in [0.29, 0.717) is 17.0 Å². The Kier molecular flexibility index (Phi) is 4.11. The van der Waals surface area contributed by atoms with E-state index in [4.69, 9.17) is 4.42 Å². The summed E-state index contributed by atoms with van der Waals surface area (Å²) in [5, 5.41) is 9.39. The molecule has 0 amide bonds. The lowest BCUT2D eigenvalue weighted by Gasteiger charge is -2.12. The van der Waals surface area contributed by atoms with Gasteiger partial charge in [0, 0.05) is 5.56 Å². The highest BCUT2D eigenvalue weighted by atomic mass is 32.2. The van der Waals surface area contributed by atoms with Gasteiger partial charge in [-0.3, -0.25) is 4.72 Å². The van der Waals surface area contributed by atoms with E-state index in [0.717, 1.165) is 11.1 Å². The van der Waals surface area contributed by atoms with Crippen molar-refractivity contribution in [3.05, 3.63) is 46.4 Å². The maximum absolute atomic E-state index is 12.6. The molecule has 0 aliphatic heterocycles. The van der Waals surface area contributed by atoms with Crippen LogP contribution in [0.25, 0.3) is 0 Å². The van der Waals surface area contributed by atoms with Gasteiger partial charge in [-0.1, -0.05) is 12.1 Å². The molecule has 2 rings (SSSR count). The van der Waals surface area contributed by atoms with Crippen molar-refractivity contribution in [3.8, 4) is 0 Å². The molecule has 0 bridgehead atoms. The maximum atomic E-state index is 12.6. The SMILES string of the molecule is Cc1cccc(NS(=O)(=O)c2c(C)oc(C)c2CO)c1C. The largest absolute Gasteiger partial charge is 0.465 e. The van der Waals surface area contributed by atoms with E-state index in [-0.39, 0.29) is 17.3 Å². The fourth-order valence-electron chi connectivity index (χ4n) is 2.30. The van der Waals surface area contributed by atoms with Gasteiger partial charge >= 0.3 is 0 Å². The van der Waals surface area contributed by atoms with Gasteiger partial charge in [-0.15, -0.1) is 0 Å². The van der Waals surface area contributed by atoms with Crippen molar-refractivity contribution in [2.24, 2.45) is 0 Å². The Hall–Kier alpha value is -1.79. The van der Waals surface area contributed by atoms with Crippen molar-refractivity contribution in [1.82, 2.24) is 0 Å². The molecule has 0 atom stereocenters. The number of hydrogen-bond acceptors (Lipinski definition) is 4. The number of aryl methyl sites for hydroxylation is 3. The number of rotatable bonds is 4. The lowest BCUT2D eigenvalue weighted by atomic mass is 10.1. The van der Waals surface area contributed by atoms with Crippen molar-refractivity contribution in [3.63, 3.8) is 0 Å². The van der Waals surface area contributed by atoms with Crippen LogP contribution < -0.4 is 4.72 Å². The fourth-order valence-corrected chi connectivity index (χ4v) is 3.87. The van der Waals surface area contributed by atoms with Crippen LogP contribution in [0.15, 0.2) is 27.5 Å². The van der Waals surface area contributed by atoms with Crippen molar-refractivity contribution in [1.29, 1.82) is 0 Å². The zero-order chi connectivity index (χ0) is 15.8. The van der Waals surface area contributed by atoms with Gasteiger partial charge in [-0.05, 0) is 44.9 Å². The predicted octanol–water partition coefficient (Wildman–Crippen LogP) is 2.81. The van der Waals surface area contributed by atoms with Crippen LogP contribution in [0.3, 0.4) is 0 Å². The molecule has 0 saturated carbocycles. The molecule has 1 aromatic carbocycles. The Labute approximate surface area is 124 Å². The number of aliphatic hydroxyl groups excluding tert-OH is 1. The lowest BCUT2D eigenvalue weighted by Crippen LogP contribution is -2.16. The molecule has 0 saturated heterocycles. The van der Waals surface area contributed by atoms with Crippen molar-refractivity contribution in [2.75, 3.05) is 4.72 Å². The maximum Gasteiger partial charge on any atom is 0.265 e. The topological polar surface area (TPSA) is 79.5 Å². The van der Waals surface area contributed by atoms with Crippen molar-refractivity contribution >= 4 is 15.7 Å². The van der Waals surface area contributed by atoms with Gasteiger partial charge in [0.15, 0.2) is 0 Å². The van der Waals surface area contributed by atoms with Crippen LogP contribution in [0.1, 0.15) is 28.2 Å². The van der Waals surface area contributed by atoms with E-state index < -0.39 is 10.0 Å². The smallest absolute Gasteiger partial charge is 0.265 e. The molecular formula is C15H19NO4S. The zero-order valence-electron chi connectivity index (χ0n) is 12.5. The molecule has 0 fully saturated rings. The first-order valence-electron chi connectivity index (χ1n) is 6.56. The molecule has 2 N–H and O–H groups in total. The van der Waals surface area contributed by atoms with E-state index >= 15 is 0 Å². The van der Waals surface area contributed by atoms with E-state index in [1.165, 1.54) is 0 Å². The summed E-state index contributed by atoms with van der Waals surface area (Å²) in [6, 6.07) is 5.42. The normalized spacial score (nSPS) is 11.7. The van der Waals surface area contributed by atoms with Crippen molar-refractivity contribution in [2.45, 2.75) is 39.2 Å². The average molecular weight is 309 g/mol. The highest BCUT2D eigenvalue weighted by molar-refractivity contribution is 7.92. The summed E-state index contributed by atoms with van der Waals surface area (Å²) in [6.07, 6.45) is 0. The van der Waals surface area contributed by atoms with Crippen LogP contribution in [0, 0.1) is 27.7 Å². The molecule has 0 aliphatic carbocycles. The van der Waals surface area contributed by atoms with E-state index in [1.807, 2.05) is 19.9 Å². The van der Waals surface area contributed by atoms with Crippen LogP contribution in [0.2, 0.25) is 0 Å². The number of sulfonamides is 1. The first-order valence-corrected chi connectivity index (χ1v) is 8.05. The molecule has 2 aromatic rings. The molecular weight excluding hydrogens is 290 g/mol. The van der Waals surface area contributed by atoms with Crippen LogP contribution in [0.5, 0.6) is 0 Å². The minimum Gasteiger partial charge on any atom is -0.465 e. The summed E-state index contributed by atoms with van der Waals surface area (Å²) in [6.45, 7) is 6.60. The van der Waals surface area contributed by atoms with Crippen LogP contribution in [-0.2, 0) is 16.6 Å². The third kappa shape index (κ3) is 2.82. The quantitative estimate of drug-likeness (QED) is 0.910. The second-order valence-electron chi connectivity index (χ2n) is 5.03. The Morgan fingerprint density at radius 1 is 1.14 bits per heavy atom. The molecule has 6 heteroatoms. The minimum absolute atomic E-state index is 0.0170. The Morgan fingerprint density at radius 3 is 2.43 bits per heavy atom. The standard InChI is InChI=1S/C15H19NO4S/c1-9-6-5-7-14(10(9)2)16-21(18,19)15-12(4)20-11(3)13(15)8-17/h5-7,16-17H,8H2,1-4H3. The van der Waals surface area contributed by atoms with Gasteiger partial charge in [-0.25, -0.2) is 8.42 Å². The number of hydrogen-bond donors (Lipinski definition) is 2. The van der Waals surface area contributed by atoms with E-state index in [1.54, 1.807) is 26.0 Å². The Bertz CT molecular complexity index is 775. The minimum atomic E-state index is -3.81. The van der Waals surface area contributed by atoms with Gasteiger partial charge in [-0.2, -0.15) is 0 Å². The van der Waals surface area contributed by atoms with Crippen molar-refractivity contribution < 1.29 is 17.9 Å². The Balaban J connectivity index is 2.51. The highest BCUT2D eigenvalue weighted by Crippen LogP contribution is 2.29. The third-order valence-corrected chi connectivity index (χ3v) is 5.16. The molecule has 1 aromatic heterocycles. The van der Waals surface area contributed by atoms with Crippen LogP contribution in [-0.4, -0.2) is 13.5 Å². The predicted molar refractivity (Wildman–Crippen MR) is 80.8 cm³/mol. The van der Waals surface area contributed by atoms with Gasteiger partial charge in [0.25, 0.3) is 10.0 Å². The average Bonchev–Trinajstić information content (AvgIpc) is 2.69. The number of benzene rings is 1. The molecule has 21 heavy (non-hydrogen) atoms. The molecule has 0 spiro atoms. The lowest BCUT2D eigenvalue weighted by molar-refractivity contribution is 0.276. The summed E-state index contributed by atoms with van der Waals surface area (Å²) < 4.78 is 33.1. The van der Waals surface area contributed by atoms with Gasteiger partial charge in [0.1, 0.15) is 16.4 Å². The number of nitrogens with one attached hydrogen (secondary N) is 1. The highest BCUT2D eigenvalue weighted by Gasteiger charge is 2.27. The van der Waals surface area contributed by atoms with Crippen LogP contribution >= 0.6 is 0 Å². The first-order chi connectivity index (χ1) is 9.77. The molecule has 0 aliphatic rings. The van der Waals surface area contributed by atoms with E-state index in [2.05, 4.69) is 4.72 Å². The number of aliphatic hydroxyl groups is 1. The molecule has 114 valence electrons. The molecule has 1 heterocycles. The number of furan rings is 1.